The van der Waals surface area contributed by atoms with E-state index < -0.39 is 42.5 Å². The van der Waals surface area contributed by atoms with E-state index in [1.54, 1.807) is 0 Å². The van der Waals surface area contributed by atoms with Crippen LogP contribution in [0.25, 0.3) is 5.57 Å². The summed E-state index contributed by atoms with van der Waals surface area (Å²) in [5.74, 6) is -1.97. The number of hydrogen-bond acceptors (Lipinski definition) is 6. The Hall–Kier alpha value is -3.51. The highest BCUT2D eigenvalue weighted by atomic mass is 19.4. The van der Waals surface area contributed by atoms with Crippen LogP contribution < -0.4 is 5.32 Å². The fraction of sp³-hybridized carbons (Fsp3) is 0.381. The minimum Gasteiger partial charge on any atom is -0.352 e. The molecule has 1 atom stereocenters. The van der Waals surface area contributed by atoms with E-state index in [1.165, 1.54) is 39.2 Å². The lowest BCUT2D eigenvalue weighted by Gasteiger charge is -2.30. The van der Waals surface area contributed by atoms with Gasteiger partial charge in [0.05, 0.1) is 17.7 Å². The molecule has 0 unspecified atom stereocenters. The Morgan fingerprint density at radius 3 is 2.24 bits per heavy atom. The number of carbonyl (C=O) groups excluding carboxylic acids is 1. The molecule has 184 valence electrons. The number of nitrogens with zero attached hydrogens (tertiary/aromatic N) is 5. The molecule has 0 bridgehead atoms. The predicted octanol–water partition coefficient (Wildman–Crippen LogP) is 4.53. The molecule has 0 saturated carbocycles. The molecule has 13 heteroatoms. The Balaban J connectivity index is 2.29. The summed E-state index contributed by atoms with van der Waals surface area (Å²) >= 11 is 0. The van der Waals surface area contributed by atoms with Crippen molar-refractivity contribution < 1.29 is 31.1 Å². The molecule has 0 aromatic carbocycles. The molecule has 0 aliphatic heterocycles. The first-order valence-electron chi connectivity index (χ1n) is 9.98. The maximum atomic E-state index is 14.6. The SMILES string of the molecule is C/C=C(F)\C(=C(/C)C(=O)N(CC(F)F)[C@@H](C)CNc1ncc(C(F)(F)F)cn1)c1ncccn1. The molecule has 1 amide bonds. The van der Waals surface area contributed by atoms with Crippen molar-refractivity contribution in [3.05, 3.63) is 59.7 Å². The number of allylic oxidation sites excluding steroid dienone is 3. The van der Waals surface area contributed by atoms with Crippen molar-refractivity contribution in [3.63, 3.8) is 0 Å². The molecule has 34 heavy (non-hydrogen) atoms. The first-order chi connectivity index (χ1) is 16.0. The molecule has 1 N–H and O–H groups in total. The quantitative estimate of drug-likeness (QED) is 0.317. The Morgan fingerprint density at radius 1 is 1.15 bits per heavy atom. The lowest BCUT2D eigenvalue weighted by molar-refractivity contribution is -0.138. The van der Waals surface area contributed by atoms with E-state index in [9.17, 15) is 31.1 Å². The van der Waals surface area contributed by atoms with Crippen LogP contribution in [0.3, 0.4) is 0 Å². The number of carbonyl (C=O) groups is 1. The summed E-state index contributed by atoms with van der Waals surface area (Å²) in [5.41, 5.74) is -1.48. The molecule has 0 aliphatic rings. The van der Waals surface area contributed by atoms with Gasteiger partial charge in [-0.05, 0) is 26.8 Å². The summed E-state index contributed by atoms with van der Waals surface area (Å²) in [4.78, 5) is 28.9. The highest BCUT2D eigenvalue weighted by Gasteiger charge is 2.31. The lowest BCUT2D eigenvalue weighted by Crippen LogP contribution is -2.45. The summed E-state index contributed by atoms with van der Waals surface area (Å²) in [7, 11) is 0. The number of aromatic nitrogens is 4. The molecule has 0 radical (unpaired) electrons. The van der Waals surface area contributed by atoms with Gasteiger partial charge in [-0.15, -0.1) is 0 Å². The van der Waals surface area contributed by atoms with Crippen LogP contribution in [0.2, 0.25) is 0 Å². The lowest BCUT2D eigenvalue weighted by atomic mass is 10.0. The van der Waals surface area contributed by atoms with Crippen molar-refractivity contribution >= 4 is 17.4 Å². The Labute approximate surface area is 191 Å². The van der Waals surface area contributed by atoms with Crippen LogP contribution in [0.1, 0.15) is 32.2 Å². The Bertz CT molecular complexity index is 1020. The average Bonchev–Trinajstić information content (AvgIpc) is 2.80. The summed E-state index contributed by atoms with van der Waals surface area (Å²) in [6.07, 6.45) is -2.59. The van der Waals surface area contributed by atoms with Crippen molar-refractivity contribution in [2.75, 3.05) is 18.4 Å². The van der Waals surface area contributed by atoms with Crippen LogP contribution in [0.15, 0.2) is 48.3 Å². The van der Waals surface area contributed by atoms with E-state index in [2.05, 4.69) is 25.3 Å². The van der Waals surface area contributed by atoms with E-state index in [4.69, 9.17) is 0 Å². The van der Waals surface area contributed by atoms with Crippen molar-refractivity contribution in [3.8, 4) is 0 Å². The van der Waals surface area contributed by atoms with Crippen LogP contribution in [-0.2, 0) is 11.0 Å². The fourth-order valence-corrected chi connectivity index (χ4v) is 2.88. The van der Waals surface area contributed by atoms with Gasteiger partial charge in [-0.2, -0.15) is 13.2 Å². The molecule has 2 aromatic rings. The van der Waals surface area contributed by atoms with Gasteiger partial charge in [0, 0.05) is 42.9 Å². The highest BCUT2D eigenvalue weighted by Crippen LogP contribution is 2.28. The Morgan fingerprint density at radius 2 is 1.74 bits per heavy atom. The number of alkyl halides is 5. The van der Waals surface area contributed by atoms with Gasteiger partial charge in [0.1, 0.15) is 5.83 Å². The van der Waals surface area contributed by atoms with E-state index in [0.717, 1.165) is 11.0 Å². The monoisotopic (exact) mass is 488 g/mol. The van der Waals surface area contributed by atoms with Crippen molar-refractivity contribution in [1.29, 1.82) is 0 Å². The number of anilines is 1. The number of nitrogens with one attached hydrogen (secondary N) is 1. The van der Waals surface area contributed by atoms with Crippen LogP contribution >= 0.6 is 0 Å². The van der Waals surface area contributed by atoms with Gasteiger partial charge in [-0.1, -0.05) is 6.08 Å². The molecular formula is C21H22F6N6O. The van der Waals surface area contributed by atoms with Gasteiger partial charge < -0.3 is 10.2 Å². The van der Waals surface area contributed by atoms with E-state index in [1.807, 2.05) is 0 Å². The molecular weight excluding hydrogens is 466 g/mol. The van der Waals surface area contributed by atoms with Crippen molar-refractivity contribution in [1.82, 2.24) is 24.8 Å². The Kier molecular flexibility index (Phi) is 9.10. The van der Waals surface area contributed by atoms with Gasteiger partial charge >= 0.3 is 6.18 Å². The third-order valence-corrected chi connectivity index (χ3v) is 4.64. The maximum Gasteiger partial charge on any atom is 0.419 e. The largest absolute Gasteiger partial charge is 0.419 e. The highest BCUT2D eigenvalue weighted by molar-refractivity contribution is 6.02. The van der Waals surface area contributed by atoms with E-state index in [-0.39, 0.29) is 29.5 Å². The third kappa shape index (κ3) is 6.99. The fourth-order valence-electron chi connectivity index (χ4n) is 2.88. The van der Waals surface area contributed by atoms with Gasteiger partial charge in [0.2, 0.25) is 5.95 Å². The van der Waals surface area contributed by atoms with Gasteiger partial charge in [-0.25, -0.2) is 33.1 Å². The standard InChI is InChI=1S/C21H22F6N6O/c1-4-15(22)17(18-28-6-5-7-29-18)13(3)19(34)33(11-16(23)24)12(2)8-30-20-31-9-14(10-32-20)21(25,26)27/h4-7,9-10,12,16H,8,11H2,1-3H3,(H,30,31,32)/b15-4+,17-13-/t12-/m0/s1. The van der Waals surface area contributed by atoms with Crippen LogP contribution in [-0.4, -0.2) is 56.3 Å². The first kappa shape index (κ1) is 26.7. The van der Waals surface area contributed by atoms with Gasteiger partial charge in [-0.3, -0.25) is 4.79 Å². The van der Waals surface area contributed by atoms with Crippen molar-refractivity contribution in [2.45, 2.75) is 39.4 Å². The van der Waals surface area contributed by atoms with Gasteiger partial charge in [0.25, 0.3) is 12.3 Å². The van der Waals surface area contributed by atoms with E-state index in [0.29, 0.717) is 12.4 Å². The zero-order valence-corrected chi connectivity index (χ0v) is 18.4. The molecule has 2 heterocycles. The molecule has 2 rings (SSSR count). The number of rotatable bonds is 9. The second-order valence-electron chi connectivity index (χ2n) is 7.08. The maximum absolute atomic E-state index is 14.6. The van der Waals surface area contributed by atoms with Crippen LogP contribution in [0, 0.1) is 0 Å². The van der Waals surface area contributed by atoms with Crippen LogP contribution in [0.4, 0.5) is 32.3 Å². The summed E-state index contributed by atoms with van der Waals surface area (Å²) in [6.45, 7) is 2.97. The second-order valence-corrected chi connectivity index (χ2v) is 7.08. The smallest absolute Gasteiger partial charge is 0.352 e. The first-order valence-corrected chi connectivity index (χ1v) is 9.98. The molecule has 2 aromatic heterocycles. The number of amides is 1. The normalized spacial score (nSPS) is 14.0. The third-order valence-electron chi connectivity index (χ3n) is 4.64. The minimum absolute atomic E-state index is 0.0927. The summed E-state index contributed by atoms with van der Waals surface area (Å²) in [5, 5.41) is 2.61. The van der Waals surface area contributed by atoms with E-state index >= 15 is 0 Å². The number of halogens is 6. The summed E-state index contributed by atoms with van der Waals surface area (Å²) in [6, 6.07) is 0.598. The average molecular weight is 488 g/mol. The zero-order chi connectivity index (χ0) is 25.5. The molecule has 0 aliphatic carbocycles. The number of hydrogen-bond donors (Lipinski definition) is 1. The van der Waals surface area contributed by atoms with Gasteiger partial charge in [0.15, 0.2) is 5.82 Å². The molecule has 0 fully saturated rings. The summed E-state index contributed by atoms with van der Waals surface area (Å²) < 4.78 is 79.0. The molecule has 0 saturated heterocycles. The zero-order valence-electron chi connectivity index (χ0n) is 18.4. The molecule has 7 nitrogen and oxygen atoms in total. The topological polar surface area (TPSA) is 83.9 Å². The molecule has 0 spiro atoms. The predicted molar refractivity (Wildman–Crippen MR) is 112 cm³/mol. The second kappa shape index (κ2) is 11.6. The minimum atomic E-state index is -4.61. The van der Waals surface area contributed by atoms with Crippen molar-refractivity contribution in [2.24, 2.45) is 0 Å². The van der Waals surface area contributed by atoms with Crippen LogP contribution in [0.5, 0.6) is 0 Å².